The Kier molecular flexibility index (Phi) is 8.15. The number of hydrogen-bond donors (Lipinski definition) is 1. The van der Waals surface area contributed by atoms with E-state index in [1.165, 1.54) is 18.4 Å². The first kappa shape index (κ1) is 30.1. The molecule has 2 aliphatic heterocycles. The standard InChI is InChI=1S/C33H32N4O7S/c1-5-44-32(40)28-26(20-11-12-22(42-3)23(15-20)43-4)27-21-13-14-36(31(39)19-9-7-6-8-10-19)17-24(21)45-30(27)35-29(28)18(2)37-25(38)16-34-33(37)41/h6-12,15,18H,5,13-14,16-17H2,1-4H3,(H,34,41). The summed E-state index contributed by atoms with van der Waals surface area (Å²) < 4.78 is 16.7. The first-order valence-corrected chi connectivity index (χ1v) is 15.4. The molecule has 4 aromatic rings. The number of nitrogens with one attached hydrogen (secondary N) is 1. The maximum Gasteiger partial charge on any atom is 0.340 e. The van der Waals surface area contributed by atoms with Crippen LogP contribution in [0.2, 0.25) is 0 Å². The van der Waals surface area contributed by atoms with E-state index in [9.17, 15) is 19.2 Å². The first-order valence-electron chi connectivity index (χ1n) is 14.6. The lowest BCUT2D eigenvalue weighted by molar-refractivity contribution is -0.126. The van der Waals surface area contributed by atoms with E-state index in [0.29, 0.717) is 52.5 Å². The van der Waals surface area contributed by atoms with Crippen molar-refractivity contribution in [1.82, 2.24) is 20.1 Å². The molecule has 0 bridgehead atoms. The van der Waals surface area contributed by atoms with Gasteiger partial charge in [-0.1, -0.05) is 24.3 Å². The molecule has 45 heavy (non-hydrogen) atoms. The summed E-state index contributed by atoms with van der Waals surface area (Å²) in [6.45, 7) is 4.21. The molecule has 232 valence electrons. The molecule has 0 aliphatic carbocycles. The van der Waals surface area contributed by atoms with Crippen LogP contribution in [-0.2, 0) is 22.5 Å². The number of amides is 4. The van der Waals surface area contributed by atoms with Crippen molar-refractivity contribution in [2.75, 3.05) is 33.9 Å². The summed E-state index contributed by atoms with van der Waals surface area (Å²) >= 11 is 1.43. The number of benzene rings is 2. The zero-order valence-corrected chi connectivity index (χ0v) is 26.2. The number of urea groups is 1. The molecule has 4 heterocycles. The van der Waals surface area contributed by atoms with Gasteiger partial charge in [0.05, 0.1) is 51.2 Å². The van der Waals surface area contributed by atoms with E-state index in [1.807, 2.05) is 29.2 Å². The molecule has 6 rings (SSSR count). The summed E-state index contributed by atoms with van der Waals surface area (Å²) in [5.74, 6) is -0.131. The number of carbonyl (C=O) groups is 4. The van der Waals surface area contributed by atoms with Gasteiger partial charge in [-0.05, 0) is 55.7 Å². The Morgan fingerprint density at radius 2 is 1.82 bits per heavy atom. The minimum atomic E-state index is -0.877. The van der Waals surface area contributed by atoms with E-state index in [0.717, 1.165) is 20.7 Å². The molecule has 1 fully saturated rings. The molecule has 4 amide bonds. The van der Waals surface area contributed by atoms with Crippen molar-refractivity contribution in [3.8, 4) is 22.6 Å². The molecule has 1 atom stereocenters. The number of ether oxygens (including phenoxy) is 3. The summed E-state index contributed by atoms with van der Waals surface area (Å²) in [6.07, 6.45) is 0.542. The average molecular weight is 629 g/mol. The fourth-order valence-electron chi connectivity index (χ4n) is 6.02. The van der Waals surface area contributed by atoms with Crippen LogP contribution in [0.4, 0.5) is 4.79 Å². The number of rotatable bonds is 8. The van der Waals surface area contributed by atoms with Gasteiger partial charge in [-0.25, -0.2) is 14.6 Å². The number of thiophene rings is 1. The van der Waals surface area contributed by atoms with Crippen LogP contribution in [0.3, 0.4) is 0 Å². The molecule has 2 aromatic heterocycles. The normalized spacial score (nSPS) is 15.1. The van der Waals surface area contributed by atoms with Crippen LogP contribution >= 0.6 is 11.3 Å². The second-order valence-electron chi connectivity index (χ2n) is 10.7. The molecule has 1 unspecified atom stereocenters. The first-order chi connectivity index (χ1) is 21.8. The van der Waals surface area contributed by atoms with Gasteiger partial charge < -0.3 is 24.4 Å². The smallest absolute Gasteiger partial charge is 0.340 e. The quantitative estimate of drug-likeness (QED) is 0.214. The van der Waals surface area contributed by atoms with Gasteiger partial charge >= 0.3 is 12.0 Å². The van der Waals surface area contributed by atoms with Crippen molar-refractivity contribution in [3.63, 3.8) is 0 Å². The summed E-state index contributed by atoms with van der Waals surface area (Å²) in [5, 5.41) is 3.32. The monoisotopic (exact) mass is 628 g/mol. The zero-order valence-electron chi connectivity index (χ0n) is 25.3. The molecule has 0 radical (unpaired) electrons. The Morgan fingerprint density at radius 3 is 2.49 bits per heavy atom. The Labute approximate surface area is 263 Å². The van der Waals surface area contributed by atoms with Gasteiger partial charge in [0.2, 0.25) is 0 Å². The van der Waals surface area contributed by atoms with Gasteiger partial charge in [0.15, 0.2) is 11.5 Å². The Hall–Kier alpha value is -4.97. The molecule has 0 spiro atoms. The Morgan fingerprint density at radius 1 is 1.07 bits per heavy atom. The molecular weight excluding hydrogens is 596 g/mol. The van der Waals surface area contributed by atoms with Crippen LogP contribution in [0.15, 0.2) is 48.5 Å². The average Bonchev–Trinajstić information content (AvgIpc) is 3.60. The van der Waals surface area contributed by atoms with Crippen LogP contribution in [-0.4, -0.2) is 72.5 Å². The van der Waals surface area contributed by atoms with E-state index >= 15 is 0 Å². The van der Waals surface area contributed by atoms with E-state index in [4.69, 9.17) is 19.2 Å². The van der Waals surface area contributed by atoms with Crippen molar-refractivity contribution in [1.29, 1.82) is 0 Å². The topological polar surface area (TPSA) is 127 Å². The van der Waals surface area contributed by atoms with E-state index in [2.05, 4.69) is 5.32 Å². The maximum absolute atomic E-state index is 13.9. The van der Waals surface area contributed by atoms with Crippen molar-refractivity contribution in [2.24, 2.45) is 0 Å². The minimum absolute atomic E-state index is 0.0631. The summed E-state index contributed by atoms with van der Waals surface area (Å²) in [4.78, 5) is 62.2. The second-order valence-corrected chi connectivity index (χ2v) is 11.7. The van der Waals surface area contributed by atoms with E-state index < -0.39 is 23.9 Å². The van der Waals surface area contributed by atoms with Crippen LogP contribution in [0.1, 0.15) is 56.7 Å². The molecule has 11 nitrogen and oxygen atoms in total. The van der Waals surface area contributed by atoms with Gasteiger partial charge in [-0.2, -0.15) is 0 Å². The number of hydrogen-bond acceptors (Lipinski definition) is 9. The van der Waals surface area contributed by atoms with Crippen LogP contribution < -0.4 is 14.8 Å². The number of aromatic nitrogens is 1. The highest BCUT2D eigenvalue weighted by atomic mass is 32.1. The molecule has 12 heteroatoms. The van der Waals surface area contributed by atoms with Crippen LogP contribution in [0.25, 0.3) is 21.3 Å². The number of carbonyl (C=O) groups excluding carboxylic acids is 4. The van der Waals surface area contributed by atoms with Crippen molar-refractivity contribution in [2.45, 2.75) is 32.9 Å². The number of methoxy groups -OCH3 is 2. The lowest BCUT2D eigenvalue weighted by Gasteiger charge is -2.28. The fraction of sp³-hybridized carbons (Fsp3) is 0.303. The van der Waals surface area contributed by atoms with Crippen molar-refractivity contribution >= 4 is 45.4 Å². The predicted octanol–water partition coefficient (Wildman–Crippen LogP) is 4.97. The summed E-state index contributed by atoms with van der Waals surface area (Å²) in [5.41, 5.74) is 3.22. The van der Waals surface area contributed by atoms with Crippen molar-refractivity contribution in [3.05, 3.63) is 75.8 Å². The van der Waals surface area contributed by atoms with Gasteiger partial charge in [0, 0.05) is 27.9 Å². The van der Waals surface area contributed by atoms with Gasteiger partial charge in [0.25, 0.3) is 11.8 Å². The number of pyridine rings is 1. The number of fused-ring (bicyclic) bond motifs is 3. The highest BCUT2D eigenvalue weighted by Gasteiger charge is 2.39. The third-order valence-corrected chi connectivity index (χ3v) is 9.25. The molecule has 2 aliphatic rings. The third kappa shape index (κ3) is 5.24. The summed E-state index contributed by atoms with van der Waals surface area (Å²) in [7, 11) is 3.08. The Balaban J connectivity index is 1.60. The predicted molar refractivity (Wildman–Crippen MR) is 168 cm³/mol. The maximum atomic E-state index is 13.9. The Bertz CT molecular complexity index is 1820. The second kappa shape index (κ2) is 12.2. The SMILES string of the molecule is CCOC(=O)c1c(C(C)N2C(=O)CNC2=O)nc2sc3c(c2c1-c1ccc(OC)c(OC)c1)CCN(C(=O)c1ccccc1)C3. The van der Waals surface area contributed by atoms with Gasteiger partial charge in [0.1, 0.15) is 4.83 Å². The largest absolute Gasteiger partial charge is 0.493 e. The number of nitrogens with zero attached hydrogens (tertiary/aromatic N) is 3. The van der Waals surface area contributed by atoms with Gasteiger partial charge in [-0.15, -0.1) is 11.3 Å². The zero-order chi connectivity index (χ0) is 31.8. The third-order valence-electron chi connectivity index (χ3n) is 8.14. The van der Waals surface area contributed by atoms with E-state index in [1.54, 1.807) is 45.2 Å². The molecule has 0 saturated carbocycles. The molecular formula is C33H32N4O7S. The highest BCUT2D eigenvalue weighted by molar-refractivity contribution is 7.19. The molecule has 1 saturated heterocycles. The molecule has 1 N–H and O–H groups in total. The number of imide groups is 1. The lowest BCUT2D eigenvalue weighted by Crippen LogP contribution is -2.35. The van der Waals surface area contributed by atoms with Crippen molar-refractivity contribution < 1.29 is 33.4 Å². The van der Waals surface area contributed by atoms with Crippen LogP contribution in [0, 0.1) is 0 Å². The van der Waals surface area contributed by atoms with Gasteiger partial charge in [-0.3, -0.25) is 14.5 Å². The highest BCUT2D eigenvalue weighted by Crippen LogP contribution is 2.46. The summed E-state index contributed by atoms with van der Waals surface area (Å²) in [6, 6.07) is 13.1. The lowest BCUT2D eigenvalue weighted by atomic mass is 9.90. The fourth-order valence-corrected chi connectivity index (χ4v) is 7.27. The molecule has 2 aromatic carbocycles. The minimum Gasteiger partial charge on any atom is -0.493 e. The van der Waals surface area contributed by atoms with E-state index in [-0.39, 0.29) is 30.3 Å². The van der Waals surface area contributed by atoms with Crippen LogP contribution in [0.5, 0.6) is 11.5 Å². The number of esters is 1.